The minimum atomic E-state index is 0.113. The standard InChI is InChI=1S/C16H17N3OS/c1-11-7-8-17-16(18-11)21-10-15(20)19-12(2)9-13-5-3-4-6-14(13)19/h3-8,12H,9-10H2,1-2H3/t12-/m0/s1. The molecule has 21 heavy (non-hydrogen) atoms. The van der Waals surface area contributed by atoms with Crippen molar-refractivity contribution < 1.29 is 4.79 Å². The first-order valence-electron chi connectivity index (χ1n) is 6.97. The van der Waals surface area contributed by atoms with Gasteiger partial charge in [-0.3, -0.25) is 4.79 Å². The van der Waals surface area contributed by atoms with Gasteiger partial charge in [-0.2, -0.15) is 0 Å². The second-order valence-electron chi connectivity index (χ2n) is 5.21. The molecule has 0 fully saturated rings. The fourth-order valence-corrected chi connectivity index (χ4v) is 3.37. The summed E-state index contributed by atoms with van der Waals surface area (Å²) >= 11 is 1.39. The molecule has 4 nitrogen and oxygen atoms in total. The molecule has 0 N–H and O–H groups in total. The first-order chi connectivity index (χ1) is 10.1. The topological polar surface area (TPSA) is 46.1 Å². The molecule has 1 aliphatic rings. The number of anilines is 1. The van der Waals surface area contributed by atoms with E-state index in [9.17, 15) is 4.79 Å². The number of thioether (sulfide) groups is 1. The normalized spacial score (nSPS) is 16.9. The molecule has 0 aliphatic carbocycles. The van der Waals surface area contributed by atoms with Gasteiger partial charge < -0.3 is 4.90 Å². The molecule has 1 amide bonds. The van der Waals surface area contributed by atoms with Gasteiger partial charge in [0.2, 0.25) is 5.91 Å². The molecular weight excluding hydrogens is 282 g/mol. The van der Waals surface area contributed by atoms with E-state index in [1.54, 1.807) is 6.20 Å². The summed E-state index contributed by atoms with van der Waals surface area (Å²) in [5.74, 6) is 0.477. The zero-order valence-electron chi connectivity index (χ0n) is 12.1. The smallest absolute Gasteiger partial charge is 0.237 e. The molecule has 0 saturated carbocycles. The highest BCUT2D eigenvalue weighted by Crippen LogP contribution is 2.32. The number of nitrogens with zero attached hydrogens (tertiary/aromatic N) is 3. The maximum Gasteiger partial charge on any atom is 0.237 e. The van der Waals surface area contributed by atoms with Gasteiger partial charge in [0.05, 0.1) is 5.75 Å². The van der Waals surface area contributed by atoms with Gasteiger partial charge in [0.15, 0.2) is 5.16 Å². The van der Waals surface area contributed by atoms with Crippen molar-refractivity contribution in [2.24, 2.45) is 0 Å². The van der Waals surface area contributed by atoms with E-state index >= 15 is 0 Å². The van der Waals surface area contributed by atoms with Gasteiger partial charge >= 0.3 is 0 Å². The van der Waals surface area contributed by atoms with Crippen LogP contribution in [-0.4, -0.2) is 27.7 Å². The average molecular weight is 299 g/mol. The lowest BCUT2D eigenvalue weighted by atomic mass is 10.1. The van der Waals surface area contributed by atoms with Crippen molar-refractivity contribution in [2.45, 2.75) is 31.5 Å². The van der Waals surface area contributed by atoms with Crippen LogP contribution in [0.5, 0.6) is 0 Å². The molecule has 1 aromatic heterocycles. The molecule has 0 saturated heterocycles. The van der Waals surface area contributed by atoms with E-state index in [1.807, 2.05) is 36.1 Å². The minimum Gasteiger partial charge on any atom is -0.308 e. The van der Waals surface area contributed by atoms with E-state index in [-0.39, 0.29) is 11.9 Å². The Morgan fingerprint density at radius 3 is 3.00 bits per heavy atom. The van der Waals surface area contributed by atoms with Crippen LogP contribution in [0.25, 0.3) is 0 Å². The Labute approximate surface area is 128 Å². The Bertz CT molecular complexity index is 674. The SMILES string of the molecule is Cc1ccnc(SCC(=O)N2c3ccccc3C[C@@H]2C)n1. The molecule has 3 rings (SSSR count). The predicted octanol–water partition coefficient (Wildman–Crippen LogP) is 2.85. The summed E-state index contributed by atoms with van der Waals surface area (Å²) in [4.78, 5) is 22.9. The van der Waals surface area contributed by atoms with E-state index < -0.39 is 0 Å². The molecule has 2 aromatic rings. The highest BCUT2D eigenvalue weighted by Gasteiger charge is 2.30. The Balaban J connectivity index is 1.71. The second-order valence-corrected chi connectivity index (χ2v) is 6.16. The van der Waals surface area contributed by atoms with E-state index in [4.69, 9.17) is 0 Å². The quantitative estimate of drug-likeness (QED) is 0.646. The Hall–Kier alpha value is -1.88. The largest absolute Gasteiger partial charge is 0.308 e. The molecule has 5 heteroatoms. The molecule has 0 bridgehead atoms. The molecule has 0 radical (unpaired) electrons. The van der Waals surface area contributed by atoms with Gasteiger partial charge in [0, 0.05) is 23.6 Å². The van der Waals surface area contributed by atoms with Gasteiger partial charge in [-0.1, -0.05) is 30.0 Å². The van der Waals surface area contributed by atoms with Crippen molar-refractivity contribution in [3.8, 4) is 0 Å². The van der Waals surface area contributed by atoms with E-state index in [1.165, 1.54) is 17.3 Å². The second kappa shape index (κ2) is 5.85. The highest BCUT2D eigenvalue weighted by atomic mass is 32.2. The van der Waals surface area contributed by atoms with E-state index in [2.05, 4.69) is 23.0 Å². The monoisotopic (exact) mass is 299 g/mol. The number of benzene rings is 1. The number of aromatic nitrogens is 2. The van der Waals surface area contributed by atoms with E-state index in [0.29, 0.717) is 10.9 Å². The zero-order chi connectivity index (χ0) is 14.8. The molecular formula is C16H17N3OS. The third-order valence-corrected chi connectivity index (χ3v) is 4.42. The lowest BCUT2D eigenvalue weighted by Crippen LogP contribution is -2.37. The fourth-order valence-electron chi connectivity index (χ4n) is 2.64. The first-order valence-corrected chi connectivity index (χ1v) is 7.96. The summed E-state index contributed by atoms with van der Waals surface area (Å²) in [6, 6.07) is 10.2. The van der Waals surface area contributed by atoms with Crippen LogP contribution in [0.3, 0.4) is 0 Å². The van der Waals surface area contributed by atoms with Crippen molar-refractivity contribution in [1.82, 2.24) is 9.97 Å². The van der Waals surface area contributed by atoms with Crippen LogP contribution in [0.1, 0.15) is 18.2 Å². The maximum absolute atomic E-state index is 12.5. The molecule has 0 spiro atoms. The van der Waals surface area contributed by atoms with Gasteiger partial charge in [-0.25, -0.2) is 9.97 Å². The van der Waals surface area contributed by atoms with Crippen molar-refractivity contribution >= 4 is 23.4 Å². The van der Waals surface area contributed by atoms with Crippen molar-refractivity contribution in [2.75, 3.05) is 10.7 Å². The highest BCUT2D eigenvalue weighted by molar-refractivity contribution is 7.99. The first kappa shape index (κ1) is 14.1. The van der Waals surface area contributed by atoms with Crippen molar-refractivity contribution in [3.05, 3.63) is 47.8 Å². The summed E-state index contributed by atoms with van der Waals surface area (Å²) < 4.78 is 0. The van der Waals surface area contributed by atoms with Gasteiger partial charge in [-0.05, 0) is 38.0 Å². The van der Waals surface area contributed by atoms with E-state index in [0.717, 1.165) is 17.8 Å². The molecule has 1 aromatic carbocycles. The summed E-state index contributed by atoms with van der Waals surface area (Å²) in [6.07, 6.45) is 2.65. The number of amides is 1. The average Bonchev–Trinajstić information content (AvgIpc) is 2.81. The van der Waals surface area contributed by atoms with Crippen molar-refractivity contribution in [1.29, 1.82) is 0 Å². The summed E-state index contributed by atoms with van der Waals surface area (Å²) in [5.41, 5.74) is 3.20. The van der Waals surface area contributed by atoms with Crippen LogP contribution in [0.2, 0.25) is 0 Å². The number of fused-ring (bicyclic) bond motifs is 1. The number of aryl methyl sites for hydroxylation is 1. The molecule has 0 unspecified atom stereocenters. The Kier molecular flexibility index (Phi) is 3.92. The van der Waals surface area contributed by atoms with Crippen LogP contribution >= 0.6 is 11.8 Å². The van der Waals surface area contributed by atoms with Crippen LogP contribution < -0.4 is 4.90 Å². The molecule has 108 valence electrons. The van der Waals surface area contributed by atoms with Crippen LogP contribution in [0, 0.1) is 6.92 Å². The number of para-hydroxylation sites is 1. The molecule has 2 heterocycles. The molecule has 1 aliphatic heterocycles. The number of carbonyl (C=O) groups is 1. The molecule has 1 atom stereocenters. The van der Waals surface area contributed by atoms with Crippen LogP contribution in [-0.2, 0) is 11.2 Å². The summed E-state index contributed by atoms with van der Waals surface area (Å²) in [5, 5.41) is 0.656. The third kappa shape index (κ3) is 2.93. The van der Waals surface area contributed by atoms with Gasteiger partial charge in [-0.15, -0.1) is 0 Å². The number of hydrogen-bond acceptors (Lipinski definition) is 4. The van der Waals surface area contributed by atoms with Crippen LogP contribution in [0.15, 0.2) is 41.7 Å². The minimum absolute atomic E-state index is 0.113. The maximum atomic E-state index is 12.5. The predicted molar refractivity (Wildman–Crippen MR) is 84.6 cm³/mol. The number of rotatable bonds is 3. The van der Waals surface area contributed by atoms with Crippen molar-refractivity contribution in [3.63, 3.8) is 0 Å². The Morgan fingerprint density at radius 1 is 1.38 bits per heavy atom. The number of carbonyl (C=O) groups excluding carboxylic acids is 1. The zero-order valence-corrected chi connectivity index (χ0v) is 12.9. The van der Waals surface area contributed by atoms with Gasteiger partial charge in [0.1, 0.15) is 0 Å². The fraction of sp³-hybridized carbons (Fsp3) is 0.312. The lowest BCUT2D eigenvalue weighted by Gasteiger charge is -2.22. The Morgan fingerprint density at radius 2 is 2.19 bits per heavy atom. The number of hydrogen-bond donors (Lipinski definition) is 0. The lowest BCUT2D eigenvalue weighted by molar-refractivity contribution is -0.116. The third-order valence-electron chi connectivity index (χ3n) is 3.57. The van der Waals surface area contributed by atoms with Gasteiger partial charge in [0.25, 0.3) is 0 Å². The summed E-state index contributed by atoms with van der Waals surface area (Å²) in [7, 11) is 0. The summed E-state index contributed by atoms with van der Waals surface area (Å²) in [6.45, 7) is 4.01. The van der Waals surface area contributed by atoms with Crippen LogP contribution in [0.4, 0.5) is 5.69 Å².